The van der Waals surface area contributed by atoms with Crippen LogP contribution in [-0.2, 0) is 0 Å². The molecule has 0 aliphatic carbocycles. The number of anilines is 2. The van der Waals surface area contributed by atoms with Crippen molar-refractivity contribution in [1.82, 2.24) is 20.2 Å². The van der Waals surface area contributed by atoms with Gasteiger partial charge in [0.1, 0.15) is 21.4 Å². The molecule has 2 aliphatic heterocycles. The highest BCUT2D eigenvalue weighted by Crippen LogP contribution is 2.35. The Labute approximate surface area is 177 Å². The second kappa shape index (κ2) is 7.38. The Kier molecular flexibility index (Phi) is 4.71. The SMILES string of the molecule is CSc1ncc2c(n1)N1CCCC1CN(c1cccc(-c3nnc(C)s3)c1)C2=O. The van der Waals surface area contributed by atoms with Crippen LogP contribution in [0, 0.1) is 6.92 Å². The number of nitrogens with zero attached hydrogens (tertiary/aromatic N) is 6. The molecule has 0 spiro atoms. The van der Waals surface area contributed by atoms with Crippen LogP contribution in [0.25, 0.3) is 10.6 Å². The first kappa shape index (κ1) is 18.5. The molecule has 1 atom stereocenters. The zero-order chi connectivity index (χ0) is 20.0. The van der Waals surface area contributed by atoms with Crippen LogP contribution in [0.15, 0.2) is 35.6 Å². The van der Waals surface area contributed by atoms with Gasteiger partial charge in [0.05, 0.1) is 0 Å². The summed E-state index contributed by atoms with van der Waals surface area (Å²) < 4.78 is 0. The summed E-state index contributed by atoms with van der Waals surface area (Å²) in [5.41, 5.74) is 2.42. The molecule has 5 rings (SSSR count). The van der Waals surface area contributed by atoms with Gasteiger partial charge in [0.15, 0.2) is 5.16 Å². The van der Waals surface area contributed by atoms with Crippen LogP contribution in [0.3, 0.4) is 0 Å². The summed E-state index contributed by atoms with van der Waals surface area (Å²) in [4.78, 5) is 26.7. The van der Waals surface area contributed by atoms with Crippen molar-refractivity contribution in [1.29, 1.82) is 0 Å². The lowest BCUT2D eigenvalue weighted by Crippen LogP contribution is -2.39. The number of carbonyl (C=O) groups excluding carboxylic acids is 1. The molecule has 0 radical (unpaired) electrons. The molecule has 3 aromatic rings. The highest BCUT2D eigenvalue weighted by molar-refractivity contribution is 7.98. The molecule has 1 saturated heterocycles. The molecule has 2 aliphatic rings. The standard InChI is InChI=1S/C20H20N6OS2/c1-12-23-24-18(29-12)13-5-3-6-14(9-13)26-11-15-7-4-8-25(15)17-16(19(26)27)10-21-20(22-17)28-2/h3,5-6,9-10,15H,4,7-8,11H2,1-2H3. The molecule has 7 nitrogen and oxygen atoms in total. The number of thioether (sulfide) groups is 1. The van der Waals surface area contributed by atoms with E-state index in [4.69, 9.17) is 4.98 Å². The van der Waals surface area contributed by atoms with Crippen LogP contribution < -0.4 is 9.80 Å². The van der Waals surface area contributed by atoms with E-state index in [9.17, 15) is 4.79 Å². The molecule has 4 heterocycles. The quantitative estimate of drug-likeness (QED) is 0.469. The van der Waals surface area contributed by atoms with Gasteiger partial charge < -0.3 is 9.80 Å². The predicted molar refractivity (Wildman–Crippen MR) is 116 cm³/mol. The van der Waals surface area contributed by atoms with E-state index in [1.54, 1.807) is 17.5 Å². The predicted octanol–water partition coefficient (Wildman–Crippen LogP) is 3.65. The third-order valence-electron chi connectivity index (χ3n) is 5.38. The van der Waals surface area contributed by atoms with Crippen molar-refractivity contribution in [2.45, 2.75) is 31.0 Å². The molecule has 1 unspecified atom stereocenters. The van der Waals surface area contributed by atoms with Crippen molar-refractivity contribution in [3.05, 3.63) is 41.0 Å². The highest BCUT2D eigenvalue weighted by Gasteiger charge is 2.37. The zero-order valence-corrected chi connectivity index (χ0v) is 17.8. The van der Waals surface area contributed by atoms with Crippen molar-refractivity contribution in [2.24, 2.45) is 0 Å². The molecule has 2 aromatic heterocycles. The van der Waals surface area contributed by atoms with Crippen LogP contribution in [0.4, 0.5) is 11.5 Å². The van der Waals surface area contributed by atoms with Gasteiger partial charge in [-0.15, -0.1) is 10.2 Å². The van der Waals surface area contributed by atoms with Gasteiger partial charge in [-0.25, -0.2) is 9.97 Å². The number of aryl methyl sites for hydroxylation is 1. The number of hydrogen-bond donors (Lipinski definition) is 0. The smallest absolute Gasteiger partial charge is 0.263 e. The van der Waals surface area contributed by atoms with E-state index in [1.165, 1.54) is 11.8 Å². The maximum Gasteiger partial charge on any atom is 0.263 e. The topological polar surface area (TPSA) is 75.1 Å². The van der Waals surface area contributed by atoms with Crippen LogP contribution in [-0.4, -0.2) is 51.5 Å². The first-order valence-corrected chi connectivity index (χ1v) is 11.6. The summed E-state index contributed by atoms with van der Waals surface area (Å²) in [5.74, 6) is 0.725. The summed E-state index contributed by atoms with van der Waals surface area (Å²) in [5, 5.41) is 10.9. The molecule has 0 bridgehead atoms. The number of fused-ring (bicyclic) bond motifs is 3. The molecule has 148 valence electrons. The van der Waals surface area contributed by atoms with Crippen molar-refractivity contribution in [3.8, 4) is 10.6 Å². The van der Waals surface area contributed by atoms with Crippen molar-refractivity contribution < 1.29 is 4.79 Å². The monoisotopic (exact) mass is 424 g/mol. The fourth-order valence-corrected chi connectivity index (χ4v) is 5.04. The molecular formula is C20H20N6OS2. The summed E-state index contributed by atoms with van der Waals surface area (Å²) in [6, 6.07) is 8.25. The number of aromatic nitrogens is 4. The van der Waals surface area contributed by atoms with Gasteiger partial charge in [0.25, 0.3) is 5.91 Å². The minimum absolute atomic E-state index is 0.0485. The Balaban J connectivity index is 1.58. The molecular weight excluding hydrogens is 404 g/mol. The van der Waals surface area contributed by atoms with Gasteiger partial charge in [0, 0.05) is 36.6 Å². The lowest BCUT2D eigenvalue weighted by molar-refractivity contribution is 0.0988. The molecule has 29 heavy (non-hydrogen) atoms. The molecule has 1 amide bonds. The Hall–Kier alpha value is -2.52. The normalized spacial score (nSPS) is 18.6. The third kappa shape index (κ3) is 3.28. The fraction of sp³-hybridized carbons (Fsp3) is 0.350. The van der Waals surface area contributed by atoms with Crippen LogP contribution >= 0.6 is 23.1 Å². The van der Waals surface area contributed by atoms with Gasteiger partial charge in [0.2, 0.25) is 0 Å². The van der Waals surface area contributed by atoms with E-state index in [0.29, 0.717) is 17.3 Å². The highest BCUT2D eigenvalue weighted by atomic mass is 32.2. The van der Waals surface area contributed by atoms with E-state index in [0.717, 1.165) is 46.5 Å². The van der Waals surface area contributed by atoms with E-state index in [2.05, 4.69) is 20.1 Å². The van der Waals surface area contributed by atoms with E-state index < -0.39 is 0 Å². The molecule has 1 fully saturated rings. The van der Waals surface area contributed by atoms with Gasteiger partial charge in [-0.2, -0.15) is 0 Å². The zero-order valence-electron chi connectivity index (χ0n) is 16.2. The van der Waals surface area contributed by atoms with Crippen molar-refractivity contribution in [2.75, 3.05) is 29.1 Å². The average molecular weight is 425 g/mol. The fourth-order valence-electron chi connectivity index (χ4n) is 4.01. The Bertz CT molecular complexity index is 1080. The maximum atomic E-state index is 13.5. The first-order valence-electron chi connectivity index (χ1n) is 9.54. The number of benzene rings is 1. The van der Waals surface area contributed by atoms with E-state index in [1.807, 2.05) is 42.3 Å². The number of amides is 1. The molecule has 9 heteroatoms. The van der Waals surface area contributed by atoms with Crippen LogP contribution in [0.1, 0.15) is 28.2 Å². The summed E-state index contributed by atoms with van der Waals surface area (Å²) in [7, 11) is 0. The van der Waals surface area contributed by atoms with Gasteiger partial charge in [-0.3, -0.25) is 4.79 Å². The molecule has 0 saturated carbocycles. The van der Waals surface area contributed by atoms with Gasteiger partial charge in [-0.1, -0.05) is 35.2 Å². The van der Waals surface area contributed by atoms with E-state index in [-0.39, 0.29) is 11.9 Å². The van der Waals surface area contributed by atoms with Crippen molar-refractivity contribution >= 4 is 40.5 Å². The lowest BCUT2D eigenvalue weighted by Gasteiger charge is -2.27. The summed E-state index contributed by atoms with van der Waals surface area (Å²) >= 11 is 3.05. The van der Waals surface area contributed by atoms with Crippen molar-refractivity contribution in [3.63, 3.8) is 0 Å². The number of hydrogen-bond acceptors (Lipinski definition) is 8. The minimum Gasteiger partial charge on any atom is -0.351 e. The number of carbonyl (C=O) groups is 1. The maximum absolute atomic E-state index is 13.5. The Morgan fingerprint density at radius 2 is 2.17 bits per heavy atom. The molecule has 1 aromatic carbocycles. The second-order valence-corrected chi connectivity index (χ2v) is 9.13. The van der Waals surface area contributed by atoms with E-state index >= 15 is 0 Å². The summed E-state index contributed by atoms with van der Waals surface area (Å²) in [6.45, 7) is 3.51. The van der Waals surface area contributed by atoms with Crippen LogP contribution in [0.2, 0.25) is 0 Å². The lowest BCUT2D eigenvalue weighted by atomic mass is 10.1. The average Bonchev–Trinajstić information content (AvgIpc) is 3.37. The Morgan fingerprint density at radius 3 is 2.97 bits per heavy atom. The van der Waals surface area contributed by atoms with Crippen LogP contribution in [0.5, 0.6) is 0 Å². The minimum atomic E-state index is -0.0485. The van der Waals surface area contributed by atoms with Gasteiger partial charge in [-0.05, 0) is 38.2 Å². The Morgan fingerprint density at radius 1 is 1.28 bits per heavy atom. The second-order valence-electron chi connectivity index (χ2n) is 7.18. The number of rotatable bonds is 3. The third-order valence-corrected chi connectivity index (χ3v) is 6.83. The largest absolute Gasteiger partial charge is 0.351 e. The van der Waals surface area contributed by atoms with Gasteiger partial charge >= 0.3 is 0 Å². The molecule has 0 N–H and O–H groups in total. The first-order chi connectivity index (χ1) is 14.1. The summed E-state index contributed by atoms with van der Waals surface area (Å²) in [6.07, 6.45) is 5.79.